The van der Waals surface area contributed by atoms with E-state index in [2.05, 4.69) is 9.73 Å². The number of esters is 1. The van der Waals surface area contributed by atoms with Crippen molar-refractivity contribution in [3.63, 3.8) is 0 Å². The van der Waals surface area contributed by atoms with Crippen LogP contribution in [0.1, 0.15) is 11.1 Å². The zero-order valence-corrected chi connectivity index (χ0v) is 14.7. The lowest BCUT2D eigenvalue weighted by Gasteiger charge is -2.27. The van der Waals surface area contributed by atoms with E-state index in [1.54, 1.807) is 30.3 Å². The van der Waals surface area contributed by atoms with Crippen LogP contribution in [0.4, 0.5) is 13.2 Å². The Labute approximate surface area is 158 Å². The SMILES string of the molecule is CN1C(=O)C(Cc2ccccc2)(c2ccccc2OC(=O)C(F)(F)F)N=C1N. The summed E-state index contributed by atoms with van der Waals surface area (Å²) in [5.41, 5.74) is 4.90. The predicted octanol–water partition coefficient (Wildman–Crippen LogP) is 2.38. The van der Waals surface area contributed by atoms with Gasteiger partial charge in [-0.15, -0.1) is 0 Å². The van der Waals surface area contributed by atoms with Crippen LogP contribution in [0.3, 0.4) is 0 Å². The third kappa shape index (κ3) is 3.42. The fourth-order valence-electron chi connectivity index (χ4n) is 3.03. The van der Waals surface area contributed by atoms with Crippen LogP contribution in [0.2, 0.25) is 0 Å². The molecule has 2 N–H and O–H groups in total. The fraction of sp³-hybridized carbons (Fsp3) is 0.211. The molecule has 0 fully saturated rings. The summed E-state index contributed by atoms with van der Waals surface area (Å²) in [4.78, 5) is 29.8. The molecule has 2 aromatic carbocycles. The number of alkyl halides is 3. The van der Waals surface area contributed by atoms with Gasteiger partial charge in [0, 0.05) is 19.0 Å². The first kappa shape index (κ1) is 19.4. The van der Waals surface area contributed by atoms with Gasteiger partial charge in [-0.25, -0.2) is 9.79 Å². The Kier molecular flexibility index (Phi) is 4.84. The number of halogens is 3. The zero-order valence-electron chi connectivity index (χ0n) is 14.7. The second kappa shape index (κ2) is 6.99. The number of aliphatic imine (C=N–C) groups is 1. The lowest BCUT2D eigenvalue weighted by Crippen LogP contribution is -2.42. The average Bonchev–Trinajstić information content (AvgIpc) is 2.87. The van der Waals surface area contributed by atoms with Crippen molar-refractivity contribution in [1.82, 2.24) is 4.90 Å². The van der Waals surface area contributed by atoms with E-state index in [1.807, 2.05) is 0 Å². The molecule has 0 radical (unpaired) electrons. The van der Waals surface area contributed by atoms with Crippen LogP contribution in [0, 0.1) is 0 Å². The maximum absolute atomic E-state index is 13.0. The number of guanidine groups is 1. The smallest absolute Gasteiger partial charge is 0.419 e. The van der Waals surface area contributed by atoms with Crippen LogP contribution in [0.15, 0.2) is 59.6 Å². The molecule has 1 aliphatic rings. The number of ether oxygens (including phenoxy) is 1. The number of hydrogen-bond donors (Lipinski definition) is 1. The van der Waals surface area contributed by atoms with Crippen molar-refractivity contribution in [2.24, 2.45) is 10.7 Å². The molecule has 0 aromatic heterocycles. The molecule has 0 saturated heterocycles. The van der Waals surface area contributed by atoms with Crippen molar-refractivity contribution in [2.45, 2.75) is 18.1 Å². The first-order valence-corrected chi connectivity index (χ1v) is 8.21. The third-order valence-corrected chi connectivity index (χ3v) is 4.38. The minimum atomic E-state index is -5.18. The first-order chi connectivity index (χ1) is 13.1. The van der Waals surface area contributed by atoms with E-state index in [0.29, 0.717) is 5.56 Å². The number of carbonyl (C=O) groups is 2. The standard InChI is InChI=1S/C19H16F3N3O3/c1-25-15(26)18(24-17(25)23,11-12-7-3-2-4-8-12)13-9-5-6-10-14(13)28-16(27)19(20,21)22/h2-10H,11H2,1H3,(H2,23,24). The topological polar surface area (TPSA) is 85.0 Å². The van der Waals surface area contributed by atoms with Crippen molar-refractivity contribution in [2.75, 3.05) is 7.05 Å². The Morgan fingerprint density at radius 1 is 1.14 bits per heavy atom. The molecule has 9 heteroatoms. The number of carbonyl (C=O) groups excluding carboxylic acids is 2. The lowest BCUT2D eigenvalue weighted by molar-refractivity contribution is -0.189. The Bertz CT molecular complexity index is 944. The highest BCUT2D eigenvalue weighted by Gasteiger charge is 2.50. The first-order valence-electron chi connectivity index (χ1n) is 8.21. The van der Waals surface area contributed by atoms with Crippen LogP contribution >= 0.6 is 0 Å². The molecule has 1 atom stereocenters. The maximum Gasteiger partial charge on any atom is 0.491 e. The minimum absolute atomic E-state index is 0.0220. The molecule has 0 aliphatic carbocycles. The Balaban J connectivity index is 2.13. The predicted molar refractivity (Wildman–Crippen MR) is 94.3 cm³/mol. The van der Waals surface area contributed by atoms with Gasteiger partial charge in [0.25, 0.3) is 5.91 Å². The van der Waals surface area contributed by atoms with Crippen LogP contribution in [0.25, 0.3) is 0 Å². The number of rotatable bonds is 4. The van der Waals surface area contributed by atoms with Gasteiger partial charge >= 0.3 is 12.1 Å². The maximum atomic E-state index is 13.0. The van der Waals surface area contributed by atoms with E-state index in [9.17, 15) is 22.8 Å². The normalized spacial score (nSPS) is 19.5. The molecular formula is C19H16F3N3O3. The summed E-state index contributed by atoms with van der Waals surface area (Å²) < 4.78 is 42.6. The fourth-order valence-corrected chi connectivity index (χ4v) is 3.03. The average molecular weight is 391 g/mol. The summed E-state index contributed by atoms with van der Waals surface area (Å²) in [5.74, 6) is -3.41. The number of benzene rings is 2. The molecule has 146 valence electrons. The zero-order chi connectivity index (χ0) is 20.5. The number of para-hydroxylation sites is 1. The molecule has 0 bridgehead atoms. The molecule has 1 amide bonds. The van der Waals surface area contributed by atoms with Crippen molar-refractivity contribution in [3.05, 3.63) is 65.7 Å². The van der Waals surface area contributed by atoms with Gasteiger partial charge in [-0.1, -0.05) is 48.5 Å². The Hall–Kier alpha value is -3.36. The van der Waals surface area contributed by atoms with E-state index in [1.165, 1.54) is 31.3 Å². The van der Waals surface area contributed by atoms with E-state index < -0.39 is 29.3 Å². The van der Waals surface area contributed by atoms with Gasteiger partial charge in [-0.05, 0) is 11.6 Å². The summed E-state index contributed by atoms with van der Waals surface area (Å²) in [5, 5.41) is 0. The van der Waals surface area contributed by atoms with Crippen LogP contribution in [-0.4, -0.2) is 36.0 Å². The molecule has 28 heavy (non-hydrogen) atoms. The van der Waals surface area contributed by atoms with Gasteiger partial charge in [0.2, 0.25) is 0 Å². The molecule has 6 nitrogen and oxygen atoms in total. The second-order valence-corrected chi connectivity index (χ2v) is 6.24. The van der Waals surface area contributed by atoms with E-state index in [4.69, 9.17) is 5.73 Å². The number of amides is 1. The molecule has 0 saturated carbocycles. The number of nitrogens with zero attached hydrogens (tertiary/aromatic N) is 2. The van der Waals surface area contributed by atoms with Crippen molar-refractivity contribution < 1.29 is 27.5 Å². The summed E-state index contributed by atoms with van der Waals surface area (Å²) in [6.45, 7) is 0. The molecule has 1 aliphatic heterocycles. The number of hydrogen-bond acceptors (Lipinski definition) is 5. The highest BCUT2D eigenvalue weighted by atomic mass is 19.4. The van der Waals surface area contributed by atoms with Crippen molar-refractivity contribution in [1.29, 1.82) is 0 Å². The van der Waals surface area contributed by atoms with Crippen molar-refractivity contribution in [3.8, 4) is 5.75 Å². The second-order valence-electron chi connectivity index (χ2n) is 6.24. The van der Waals surface area contributed by atoms with Gasteiger partial charge in [0.05, 0.1) is 0 Å². The summed E-state index contributed by atoms with van der Waals surface area (Å²) in [6.07, 6.45) is -5.16. The molecule has 1 unspecified atom stereocenters. The highest BCUT2D eigenvalue weighted by molar-refractivity contribution is 6.07. The van der Waals surface area contributed by atoms with Gasteiger partial charge in [-0.3, -0.25) is 9.69 Å². The van der Waals surface area contributed by atoms with E-state index in [-0.39, 0.29) is 17.9 Å². The quantitative estimate of drug-likeness (QED) is 0.641. The number of nitrogens with two attached hydrogens (primary N) is 1. The van der Waals surface area contributed by atoms with Gasteiger partial charge in [0.1, 0.15) is 5.75 Å². The van der Waals surface area contributed by atoms with Crippen LogP contribution in [-0.2, 0) is 21.5 Å². The van der Waals surface area contributed by atoms with Gasteiger partial charge < -0.3 is 10.5 Å². The van der Waals surface area contributed by atoms with E-state index in [0.717, 1.165) is 4.90 Å². The lowest BCUT2D eigenvalue weighted by atomic mass is 9.83. The van der Waals surface area contributed by atoms with Crippen molar-refractivity contribution >= 4 is 17.8 Å². The third-order valence-electron chi connectivity index (χ3n) is 4.38. The van der Waals surface area contributed by atoms with E-state index >= 15 is 0 Å². The summed E-state index contributed by atoms with van der Waals surface area (Å²) in [6, 6.07) is 14.3. The molecular weight excluding hydrogens is 375 g/mol. The highest BCUT2D eigenvalue weighted by Crippen LogP contribution is 2.41. The number of likely N-dealkylation sites (N-methyl/N-ethyl adjacent to an activating group) is 1. The molecule has 1 heterocycles. The van der Waals surface area contributed by atoms with Crippen LogP contribution in [0.5, 0.6) is 5.75 Å². The van der Waals surface area contributed by atoms with Crippen LogP contribution < -0.4 is 10.5 Å². The van der Waals surface area contributed by atoms with Gasteiger partial charge in [-0.2, -0.15) is 13.2 Å². The largest absolute Gasteiger partial charge is 0.491 e. The molecule has 2 aromatic rings. The molecule has 0 spiro atoms. The minimum Gasteiger partial charge on any atom is -0.419 e. The van der Waals surface area contributed by atoms with Gasteiger partial charge in [0.15, 0.2) is 11.5 Å². The monoisotopic (exact) mass is 391 g/mol. The molecule has 3 rings (SSSR count). The Morgan fingerprint density at radius 2 is 1.75 bits per heavy atom. The Morgan fingerprint density at radius 3 is 2.32 bits per heavy atom. The summed E-state index contributed by atoms with van der Waals surface area (Å²) in [7, 11) is 1.41. The summed E-state index contributed by atoms with van der Waals surface area (Å²) >= 11 is 0.